The number of nitrogens with one attached hydrogen (secondary N) is 3. The first-order valence-corrected chi connectivity index (χ1v) is 10.4. The molecule has 1 aromatic heterocycles. The van der Waals surface area contributed by atoms with Gasteiger partial charge in [-0.2, -0.15) is 9.97 Å². The Morgan fingerprint density at radius 2 is 2.04 bits per heavy atom. The topological polar surface area (TPSA) is 68.3 Å². The van der Waals surface area contributed by atoms with Crippen LogP contribution in [0, 0.1) is 0 Å². The molecule has 5 rings (SSSR count). The largest absolute Gasteiger partial charge is 0.354 e. The molecular formula is C21H29N7. The molecule has 1 aromatic carbocycles. The van der Waals surface area contributed by atoms with Crippen molar-refractivity contribution in [2.24, 2.45) is 0 Å². The molecule has 0 bridgehead atoms. The first-order valence-electron chi connectivity index (χ1n) is 10.4. The molecule has 3 aliphatic heterocycles. The van der Waals surface area contributed by atoms with Crippen LogP contribution in [-0.4, -0.2) is 47.6 Å². The second-order valence-corrected chi connectivity index (χ2v) is 8.14. The van der Waals surface area contributed by atoms with Crippen LogP contribution < -0.4 is 21.1 Å². The summed E-state index contributed by atoms with van der Waals surface area (Å²) in [4.78, 5) is 14.5. The Hall–Kier alpha value is -2.38. The zero-order valence-electron chi connectivity index (χ0n) is 16.5. The molecule has 0 saturated carbocycles. The molecule has 1 saturated heterocycles. The molecule has 0 amide bonds. The van der Waals surface area contributed by atoms with Crippen LogP contribution in [-0.2, 0) is 6.54 Å². The second kappa shape index (κ2) is 7.56. The summed E-state index contributed by atoms with van der Waals surface area (Å²) in [6.45, 7) is 3.99. The Morgan fingerprint density at radius 3 is 2.86 bits per heavy atom. The SMILES string of the molecule is CN1CCCC1CCNc1nc2c3c(n1)N(Cc1ccccc1)CCC3NN2. The predicted octanol–water partition coefficient (Wildman–Crippen LogP) is 2.75. The average molecular weight is 380 g/mol. The van der Waals surface area contributed by atoms with Crippen molar-refractivity contribution in [1.29, 1.82) is 0 Å². The highest BCUT2D eigenvalue weighted by atomic mass is 15.4. The molecule has 148 valence electrons. The minimum atomic E-state index is 0.304. The number of hydrazine groups is 1. The monoisotopic (exact) mass is 379 g/mol. The number of hydrogen-bond acceptors (Lipinski definition) is 7. The van der Waals surface area contributed by atoms with Crippen molar-refractivity contribution in [2.45, 2.75) is 44.3 Å². The summed E-state index contributed by atoms with van der Waals surface area (Å²) >= 11 is 0. The zero-order chi connectivity index (χ0) is 18.9. The van der Waals surface area contributed by atoms with Gasteiger partial charge in [0.25, 0.3) is 0 Å². The molecular weight excluding hydrogens is 350 g/mol. The van der Waals surface area contributed by atoms with Crippen molar-refractivity contribution in [3.63, 3.8) is 0 Å². The van der Waals surface area contributed by atoms with Crippen molar-refractivity contribution >= 4 is 17.6 Å². The molecule has 4 heterocycles. The van der Waals surface area contributed by atoms with E-state index in [1.165, 1.54) is 30.5 Å². The summed E-state index contributed by atoms with van der Waals surface area (Å²) in [6.07, 6.45) is 4.80. The van der Waals surface area contributed by atoms with E-state index in [0.29, 0.717) is 12.1 Å². The molecule has 2 atom stereocenters. The molecule has 1 fully saturated rings. The fourth-order valence-corrected chi connectivity index (χ4v) is 4.68. The lowest BCUT2D eigenvalue weighted by Gasteiger charge is -2.32. The lowest BCUT2D eigenvalue weighted by molar-refractivity contribution is 0.301. The van der Waals surface area contributed by atoms with E-state index in [1.54, 1.807) is 0 Å². The Morgan fingerprint density at radius 1 is 1.14 bits per heavy atom. The molecule has 7 nitrogen and oxygen atoms in total. The highest BCUT2D eigenvalue weighted by Crippen LogP contribution is 2.41. The summed E-state index contributed by atoms with van der Waals surface area (Å²) in [6, 6.07) is 11.6. The van der Waals surface area contributed by atoms with Crippen LogP contribution >= 0.6 is 0 Å². The van der Waals surface area contributed by atoms with Gasteiger partial charge in [-0.3, -0.25) is 0 Å². The summed E-state index contributed by atoms with van der Waals surface area (Å²) < 4.78 is 0. The number of aromatic nitrogens is 2. The summed E-state index contributed by atoms with van der Waals surface area (Å²) in [7, 11) is 2.23. The third-order valence-electron chi connectivity index (χ3n) is 6.27. The fourth-order valence-electron chi connectivity index (χ4n) is 4.68. The lowest BCUT2D eigenvalue weighted by Crippen LogP contribution is -2.34. The molecule has 0 spiro atoms. The van der Waals surface area contributed by atoms with Gasteiger partial charge >= 0.3 is 0 Å². The number of hydrogen-bond donors (Lipinski definition) is 3. The van der Waals surface area contributed by atoms with Crippen LogP contribution in [0.25, 0.3) is 0 Å². The van der Waals surface area contributed by atoms with E-state index in [4.69, 9.17) is 9.97 Å². The smallest absolute Gasteiger partial charge is 0.226 e. The molecule has 3 N–H and O–H groups in total. The third kappa shape index (κ3) is 3.40. The van der Waals surface area contributed by atoms with Crippen LogP contribution in [0.3, 0.4) is 0 Å². The van der Waals surface area contributed by atoms with Crippen molar-refractivity contribution in [3.8, 4) is 0 Å². The molecule has 0 aliphatic carbocycles. The molecule has 7 heteroatoms. The minimum Gasteiger partial charge on any atom is -0.354 e. The standard InChI is InChI=1S/C21H29N7/c1-27-12-5-8-16(27)9-11-22-21-23-19-18-17(25-26-19)10-13-28(20(18)24-21)14-15-6-3-2-4-7-15/h2-4,6-7,16-17,25H,5,8-14H2,1H3,(H2,22,23,24,26). The third-order valence-corrected chi connectivity index (χ3v) is 6.27. The van der Waals surface area contributed by atoms with Crippen LogP contribution in [0.5, 0.6) is 0 Å². The van der Waals surface area contributed by atoms with E-state index < -0.39 is 0 Å². The van der Waals surface area contributed by atoms with Crippen LogP contribution in [0.15, 0.2) is 30.3 Å². The number of anilines is 3. The van der Waals surface area contributed by atoms with E-state index in [2.05, 4.69) is 63.3 Å². The fraction of sp³-hybridized carbons (Fsp3) is 0.524. The van der Waals surface area contributed by atoms with Crippen molar-refractivity contribution < 1.29 is 0 Å². The van der Waals surface area contributed by atoms with E-state index in [0.717, 1.165) is 50.1 Å². The molecule has 28 heavy (non-hydrogen) atoms. The summed E-state index contributed by atoms with van der Waals surface area (Å²) in [5.74, 6) is 2.71. The van der Waals surface area contributed by atoms with Crippen LogP contribution in [0.2, 0.25) is 0 Å². The highest BCUT2D eigenvalue weighted by Gasteiger charge is 2.34. The Labute approximate surface area is 166 Å². The van der Waals surface area contributed by atoms with E-state index in [-0.39, 0.29) is 0 Å². The number of benzene rings is 1. The van der Waals surface area contributed by atoms with Crippen molar-refractivity contribution in [1.82, 2.24) is 20.3 Å². The lowest BCUT2D eigenvalue weighted by atomic mass is 10.0. The summed E-state index contributed by atoms with van der Waals surface area (Å²) in [5.41, 5.74) is 9.16. The average Bonchev–Trinajstić information content (AvgIpc) is 3.32. The van der Waals surface area contributed by atoms with Gasteiger partial charge in [0.1, 0.15) is 5.82 Å². The Bertz CT molecular complexity index is 825. The molecule has 2 unspecified atom stereocenters. The summed E-state index contributed by atoms with van der Waals surface area (Å²) in [5, 5.41) is 3.48. The van der Waals surface area contributed by atoms with Gasteiger partial charge in [0.05, 0.1) is 11.6 Å². The first kappa shape index (κ1) is 17.7. The highest BCUT2D eigenvalue weighted by molar-refractivity contribution is 5.67. The van der Waals surface area contributed by atoms with Gasteiger partial charge in [0, 0.05) is 25.7 Å². The predicted molar refractivity (Wildman–Crippen MR) is 112 cm³/mol. The molecule has 2 aromatic rings. The van der Waals surface area contributed by atoms with Crippen LogP contribution in [0.1, 0.15) is 42.9 Å². The van der Waals surface area contributed by atoms with E-state index >= 15 is 0 Å². The quantitative estimate of drug-likeness (QED) is 0.713. The Kier molecular flexibility index (Phi) is 4.78. The van der Waals surface area contributed by atoms with Gasteiger partial charge in [-0.05, 0) is 44.8 Å². The maximum atomic E-state index is 4.94. The van der Waals surface area contributed by atoms with E-state index in [9.17, 15) is 0 Å². The van der Waals surface area contributed by atoms with Gasteiger partial charge in [-0.15, -0.1) is 0 Å². The van der Waals surface area contributed by atoms with Gasteiger partial charge < -0.3 is 20.5 Å². The first-order chi connectivity index (χ1) is 13.8. The van der Waals surface area contributed by atoms with Gasteiger partial charge in [0.15, 0.2) is 5.82 Å². The number of likely N-dealkylation sites (tertiary alicyclic amines) is 1. The maximum absolute atomic E-state index is 4.94. The van der Waals surface area contributed by atoms with Crippen LogP contribution in [0.4, 0.5) is 17.6 Å². The molecule has 0 radical (unpaired) electrons. The number of nitrogens with zero attached hydrogens (tertiary/aromatic N) is 4. The van der Waals surface area contributed by atoms with Crippen molar-refractivity contribution in [3.05, 3.63) is 41.5 Å². The second-order valence-electron chi connectivity index (χ2n) is 8.14. The zero-order valence-corrected chi connectivity index (χ0v) is 16.5. The maximum Gasteiger partial charge on any atom is 0.226 e. The minimum absolute atomic E-state index is 0.304. The normalized spacial score (nSPS) is 23.5. The number of rotatable bonds is 6. The van der Waals surface area contributed by atoms with Gasteiger partial charge in [-0.1, -0.05) is 30.3 Å². The van der Waals surface area contributed by atoms with Crippen molar-refractivity contribution in [2.75, 3.05) is 42.3 Å². The molecule has 3 aliphatic rings. The van der Waals surface area contributed by atoms with E-state index in [1.807, 2.05) is 0 Å². The van der Waals surface area contributed by atoms with Gasteiger partial charge in [0.2, 0.25) is 5.95 Å². The van der Waals surface area contributed by atoms with Gasteiger partial charge in [-0.25, -0.2) is 5.43 Å². The Balaban J connectivity index is 1.34.